The number of aliphatic hydroxyl groups is 1. The van der Waals surface area contributed by atoms with Gasteiger partial charge in [0.25, 0.3) is 0 Å². The Morgan fingerprint density at radius 3 is 2.76 bits per heavy atom. The number of benzene rings is 1. The average molecular weight is 346 g/mol. The van der Waals surface area contributed by atoms with Crippen LogP contribution in [0.15, 0.2) is 43.0 Å². The first-order valence-corrected chi connectivity index (χ1v) is 9.45. The summed E-state index contributed by atoms with van der Waals surface area (Å²) in [6.07, 6.45) is 6.00. The van der Waals surface area contributed by atoms with Gasteiger partial charge in [-0.15, -0.1) is 6.58 Å². The van der Waals surface area contributed by atoms with Crippen LogP contribution in [0.25, 0.3) is 0 Å². The van der Waals surface area contributed by atoms with E-state index in [-0.39, 0.29) is 30.3 Å². The molecule has 1 aromatic carbocycles. The monoisotopic (exact) mass is 346 g/mol. The summed E-state index contributed by atoms with van der Waals surface area (Å²) in [5, 5.41) is 10.5. The molecule has 1 saturated carbocycles. The SMILES string of the molecule is C=CCC1C(O)CC(OC2CCCCO2)C1COCc1ccccc1. The molecule has 1 aliphatic carbocycles. The van der Waals surface area contributed by atoms with Crippen molar-refractivity contribution in [2.24, 2.45) is 11.8 Å². The van der Waals surface area contributed by atoms with Gasteiger partial charge in [-0.1, -0.05) is 36.4 Å². The van der Waals surface area contributed by atoms with Gasteiger partial charge in [-0.25, -0.2) is 0 Å². The molecule has 0 amide bonds. The standard InChI is InChI=1S/C21H30O4/c1-2-8-17-18(15-23-14-16-9-4-3-5-10-16)20(13-19(17)22)25-21-11-6-7-12-24-21/h2-5,9-10,17-22H,1,6-8,11-15H2. The molecule has 25 heavy (non-hydrogen) atoms. The lowest BCUT2D eigenvalue weighted by Crippen LogP contribution is -2.33. The van der Waals surface area contributed by atoms with Crippen LogP contribution in [0, 0.1) is 11.8 Å². The van der Waals surface area contributed by atoms with Gasteiger partial charge >= 0.3 is 0 Å². The van der Waals surface area contributed by atoms with E-state index in [1.165, 1.54) is 0 Å². The molecule has 4 heteroatoms. The number of ether oxygens (including phenoxy) is 3. The van der Waals surface area contributed by atoms with Gasteiger partial charge in [0, 0.05) is 18.9 Å². The fraction of sp³-hybridized carbons (Fsp3) is 0.619. The zero-order valence-electron chi connectivity index (χ0n) is 14.9. The van der Waals surface area contributed by atoms with E-state index in [4.69, 9.17) is 14.2 Å². The minimum absolute atomic E-state index is 0.0150. The van der Waals surface area contributed by atoms with Crippen LogP contribution in [-0.4, -0.2) is 36.8 Å². The zero-order chi connectivity index (χ0) is 17.5. The molecule has 2 aliphatic rings. The van der Waals surface area contributed by atoms with E-state index >= 15 is 0 Å². The van der Waals surface area contributed by atoms with Crippen LogP contribution in [0.1, 0.15) is 37.7 Å². The van der Waals surface area contributed by atoms with Gasteiger partial charge in [0.1, 0.15) is 0 Å². The van der Waals surface area contributed by atoms with Crippen LogP contribution in [0.3, 0.4) is 0 Å². The zero-order valence-corrected chi connectivity index (χ0v) is 14.9. The third-order valence-electron chi connectivity index (χ3n) is 5.32. The Kier molecular flexibility index (Phi) is 7.05. The molecule has 2 fully saturated rings. The van der Waals surface area contributed by atoms with Crippen LogP contribution in [0.5, 0.6) is 0 Å². The molecule has 1 saturated heterocycles. The normalized spacial score (nSPS) is 32.6. The third kappa shape index (κ3) is 5.14. The van der Waals surface area contributed by atoms with Crippen LogP contribution in [0.2, 0.25) is 0 Å². The largest absolute Gasteiger partial charge is 0.393 e. The second-order valence-electron chi connectivity index (χ2n) is 7.13. The fourth-order valence-corrected chi connectivity index (χ4v) is 3.96. The number of rotatable bonds is 8. The van der Waals surface area contributed by atoms with Crippen molar-refractivity contribution in [3.63, 3.8) is 0 Å². The first-order chi connectivity index (χ1) is 12.3. The van der Waals surface area contributed by atoms with Gasteiger partial charge in [-0.05, 0) is 37.2 Å². The molecule has 1 N–H and O–H groups in total. The fourth-order valence-electron chi connectivity index (χ4n) is 3.96. The molecule has 5 atom stereocenters. The summed E-state index contributed by atoms with van der Waals surface area (Å²) in [6, 6.07) is 10.2. The van der Waals surface area contributed by atoms with Crippen molar-refractivity contribution in [2.75, 3.05) is 13.2 Å². The number of hydrogen-bond acceptors (Lipinski definition) is 4. The summed E-state index contributed by atoms with van der Waals surface area (Å²) >= 11 is 0. The molecule has 4 nitrogen and oxygen atoms in total. The maximum Gasteiger partial charge on any atom is 0.157 e. The van der Waals surface area contributed by atoms with E-state index in [0.717, 1.165) is 37.9 Å². The van der Waals surface area contributed by atoms with Crippen molar-refractivity contribution in [2.45, 2.75) is 57.2 Å². The average Bonchev–Trinajstić information content (AvgIpc) is 2.92. The quantitative estimate of drug-likeness (QED) is 0.729. The molecule has 1 aromatic rings. The lowest BCUT2D eigenvalue weighted by atomic mass is 9.91. The highest BCUT2D eigenvalue weighted by Crippen LogP contribution is 2.38. The summed E-state index contributed by atoms with van der Waals surface area (Å²) in [7, 11) is 0. The maximum absolute atomic E-state index is 10.5. The molecule has 3 rings (SSSR count). The number of allylic oxidation sites excluding steroid dienone is 1. The van der Waals surface area contributed by atoms with Crippen molar-refractivity contribution in [3.05, 3.63) is 48.6 Å². The van der Waals surface area contributed by atoms with Crippen LogP contribution >= 0.6 is 0 Å². The minimum atomic E-state index is -0.364. The minimum Gasteiger partial charge on any atom is -0.393 e. The highest BCUT2D eigenvalue weighted by Gasteiger charge is 2.43. The smallest absolute Gasteiger partial charge is 0.157 e. The van der Waals surface area contributed by atoms with Gasteiger partial charge < -0.3 is 19.3 Å². The Balaban J connectivity index is 1.58. The predicted octanol–water partition coefficient (Wildman–Crippen LogP) is 3.69. The molecular weight excluding hydrogens is 316 g/mol. The van der Waals surface area contributed by atoms with Gasteiger partial charge in [0.05, 0.1) is 25.4 Å². The van der Waals surface area contributed by atoms with Gasteiger partial charge in [0.15, 0.2) is 6.29 Å². The Bertz CT molecular complexity index is 512. The van der Waals surface area contributed by atoms with Crippen molar-refractivity contribution >= 4 is 0 Å². The maximum atomic E-state index is 10.5. The van der Waals surface area contributed by atoms with Crippen molar-refractivity contribution < 1.29 is 19.3 Å². The molecule has 0 aromatic heterocycles. The molecular formula is C21H30O4. The van der Waals surface area contributed by atoms with E-state index in [2.05, 4.69) is 18.7 Å². The number of hydrogen-bond donors (Lipinski definition) is 1. The van der Waals surface area contributed by atoms with Gasteiger partial charge in [-0.2, -0.15) is 0 Å². The van der Waals surface area contributed by atoms with Crippen molar-refractivity contribution in [3.8, 4) is 0 Å². The van der Waals surface area contributed by atoms with E-state index in [0.29, 0.717) is 19.6 Å². The highest BCUT2D eigenvalue weighted by molar-refractivity contribution is 5.13. The lowest BCUT2D eigenvalue weighted by Gasteiger charge is -2.30. The molecule has 0 spiro atoms. The summed E-state index contributed by atoms with van der Waals surface area (Å²) in [4.78, 5) is 0. The van der Waals surface area contributed by atoms with Crippen LogP contribution in [0.4, 0.5) is 0 Å². The summed E-state index contributed by atoms with van der Waals surface area (Å²) in [5.41, 5.74) is 1.16. The molecule has 5 unspecified atom stereocenters. The van der Waals surface area contributed by atoms with Crippen molar-refractivity contribution in [1.29, 1.82) is 0 Å². The molecule has 138 valence electrons. The second-order valence-corrected chi connectivity index (χ2v) is 7.13. The summed E-state index contributed by atoms with van der Waals surface area (Å²) in [5.74, 6) is 0.309. The van der Waals surface area contributed by atoms with E-state index in [1.54, 1.807) is 0 Å². The van der Waals surface area contributed by atoms with E-state index in [9.17, 15) is 5.11 Å². The highest BCUT2D eigenvalue weighted by atomic mass is 16.7. The van der Waals surface area contributed by atoms with Crippen molar-refractivity contribution in [1.82, 2.24) is 0 Å². The molecule has 0 radical (unpaired) electrons. The Morgan fingerprint density at radius 1 is 1.20 bits per heavy atom. The number of aliphatic hydroxyl groups excluding tert-OH is 1. The first-order valence-electron chi connectivity index (χ1n) is 9.45. The molecule has 1 heterocycles. The third-order valence-corrected chi connectivity index (χ3v) is 5.32. The summed E-state index contributed by atoms with van der Waals surface area (Å²) in [6.45, 7) is 5.78. The Morgan fingerprint density at radius 2 is 2.04 bits per heavy atom. The van der Waals surface area contributed by atoms with Gasteiger partial charge in [0.2, 0.25) is 0 Å². The Hall–Kier alpha value is -1.20. The summed E-state index contributed by atoms with van der Waals surface area (Å²) < 4.78 is 17.9. The second kappa shape index (κ2) is 9.48. The van der Waals surface area contributed by atoms with Crippen LogP contribution in [-0.2, 0) is 20.8 Å². The van der Waals surface area contributed by atoms with Crippen LogP contribution < -0.4 is 0 Å². The van der Waals surface area contributed by atoms with E-state index in [1.807, 2.05) is 24.3 Å². The van der Waals surface area contributed by atoms with E-state index < -0.39 is 0 Å². The molecule has 1 aliphatic heterocycles. The topological polar surface area (TPSA) is 47.9 Å². The lowest BCUT2D eigenvalue weighted by molar-refractivity contribution is -0.199. The Labute approximate surface area is 150 Å². The van der Waals surface area contributed by atoms with Gasteiger partial charge in [-0.3, -0.25) is 0 Å². The predicted molar refractivity (Wildman–Crippen MR) is 97.0 cm³/mol. The molecule has 0 bridgehead atoms. The first kappa shape index (κ1) is 18.6.